The molecular formula is C40H49ClF2N9O4+. The number of rotatable bonds is 11. The molecule has 13 nitrogen and oxygen atoms in total. The normalized spacial score (nSPS) is 20.2. The smallest absolute Gasteiger partial charge is 0.291 e. The van der Waals surface area contributed by atoms with Crippen LogP contribution < -0.4 is 10.6 Å². The van der Waals surface area contributed by atoms with Crippen LogP contribution in [0.5, 0.6) is 0 Å². The SMILES string of the molecule is COCCn1ncc(-c2ccc(-c3cnc(C(=O)Nc4ccc(C(=O)N5CCN(C(=O)C6CC[N+](C)(CC7CNC7)CC6)CC5)c(Cl)c4)n3C)c(F)c2F)c1C. The average Bonchev–Trinajstić information content (AvgIpc) is 3.74. The van der Waals surface area contributed by atoms with E-state index in [0.717, 1.165) is 49.4 Å². The van der Waals surface area contributed by atoms with Gasteiger partial charge in [0.15, 0.2) is 17.5 Å². The zero-order valence-electron chi connectivity index (χ0n) is 32.3. The Morgan fingerprint density at radius 1 is 0.982 bits per heavy atom. The molecule has 2 aromatic carbocycles. The topological polar surface area (TPSA) is 127 Å². The number of likely N-dealkylation sites (tertiary alicyclic amines) is 1. The second-order valence-corrected chi connectivity index (χ2v) is 15.9. The first kappa shape index (κ1) is 39.5. The van der Waals surface area contributed by atoms with E-state index < -0.39 is 17.5 Å². The van der Waals surface area contributed by atoms with E-state index in [1.54, 1.807) is 35.7 Å². The molecule has 5 heterocycles. The predicted octanol–water partition coefficient (Wildman–Crippen LogP) is 4.45. The Labute approximate surface area is 330 Å². The summed E-state index contributed by atoms with van der Waals surface area (Å²) in [5, 5.41) is 10.5. The lowest BCUT2D eigenvalue weighted by molar-refractivity contribution is -0.918. The third-order valence-electron chi connectivity index (χ3n) is 11.7. The van der Waals surface area contributed by atoms with Gasteiger partial charge in [-0.3, -0.25) is 19.1 Å². The Morgan fingerprint density at radius 2 is 1.66 bits per heavy atom. The fourth-order valence-corrected chi connectivity index (χ4v) is 8.43. The standard InChI is InChI=1S/C40H48ClF2N9O4/c1-25-32(22-46-51(25)15-18-56-4)29-7-8-31(36(43)35(29)42)34-23-45-37(48(34)2)38(53)47-28-5-6-30(33(41)19-28)40(55)50-13-11-49(12-14-50)39(54)27-9-16-52(3,17-10-27)24-26-20-44-21-26/h5-8,19,22-23,26-27,44H,9-18,20-21,24H2,1-4H3/p+1. The molecule has 2 N–H and O–H groups in total. The van der Waals surface area contributed by atoms with Crippen molar-refractivity contribution >= 4 is 35.0 Å². The van der Waals surface area contributed by atoms with E-state index in [1.807, 2.05) is 4.90 Å². The molecule has 4 aromatic rings. The monoisotopic (exact) mass is 792 g/mol. The fourth-order valence-electron chi connectivity index (χ4n) is 8.17. The molecule has 0 radical (unpaired) electrons. The molecule has 0 saturated carbocycles. The maximum absolute atomic E-state index is 15.6. The largest absolute Gasteiger partial charge is 0.383 e. The number of halogens is 3. The number of nitrogens with zero attached hydrogens (tertiary/aromatic N) is 7. The molecule has 0 unspecified atom stereocenters. The third-order valence-corrected chi connectivity index (χ3v) is 12.0. The van der Waals surface area contributed by atoms with E-state index in [1.165, 1.54) is 48.8 Å². The Morgan fingerprint density at radius 3 is 2.32 bits per heavy atom. The number of ether oxygens (including phenoxy) is 1. The lowest BCUT2D eigenvalue weighted by atomic mass is 9.91. The number of imidazole rings is 1. The fraction of sp³-hybridized carbons (Fsp3) is 0.475. The highest BCUT2D eigenvalue weighted by molar-refractivity contribution is 6.34. The highest BCUT2D eigenvalue weighted by Gasteiger charge is 2.38. The summed E-state index contributed by atoms with van der Waals surface area (Å²) in [7, 11) is 5.42. The molecule has 3 fully saturated rings. The van der Waals surface area contributed by atoms with Crippen molar-refractivity contribution in [1.82, 2.24) is 34.4 Å². The summed E-state index contributed by atoms with van der Waals surface area (Å²) in [5.74, 6) is -2.06. The average molecular weight is 793 g/mol. The van der Waals surface area contributed by atoms with Crippen LogP contribution >= 0.6 is 11.6 Å². The Balaban J connectivity index is 0.944. The van der Waals surface area contributed by atoms with Gasteiger partial charge in [0, 0.05) is 106 Å². The number of carbonyl (C=O) groups excluding carboxylic acids is 3. The molecule has 0 spiro atoms. The van der Waals surface area contributed by atoms with Crippen LogP contribution in [0.3, 0.4) is 0 Å². The van der Waals surface area contributed by atoms with Crippen LogP contribution in [0.1, 0.15) is 39.5 Å². The van der Waals surface area contributed by atoms with Gasteiger partial charge in [0.1, 0.15) is 0 Å². The molecular weight excluding hydrogens is 744 g/mol. The van der Waals surface area contributed by atoms with Crippen molar-refractivity contribution < 1.29 is 32.4 Å². The minimum Gasteiger partial charge on any atom is -0.383 e. The van der Waals surface area contributed by atoms with Gasteiger partial charge in [-0.15, -0.1) is 0 Å². The van der Waals surface area contributed by atoms with Gasteiger partial charge in [-0.2, -0.15) is 5.10 Å². The first-order chi connectivity index (χ1) is 26.9. The zero-order valence-corrected chi connectivity index (χ0v) is 33.0. The summed E-state index contributed by atoms with van der Waals surface area (Å²) in [4.78, 5) is 48.0. The van der Waals surface area contributed by atoms with Crippen molar-refractivity contribution in [2.24, 2.45) is 18.9 Å². The number of piperazine rings is 1. The van der Waals surface area contributed by atoms with Gasteiger partial charge in [-0.25, -0.2) is 13.8 Å². The van der Waals surface area contributed by atoms with E-state index >= 15 is 8.78 Å². The molecule has 7 rings (SSSR count). The quantitative estimate of drug-likeness (QED) is 0.215. The van der Waals surface area contributed by atoms with Gasteiger partial charge in [0.05, 0.1) is 68.5 Å². The highest BCUT2D eigenvalue weighted by Crippen LogP contribution is 2.34. The third kappa shape index (κ3) is 7.95. The summed E-state index contributed by atoms with van der Waals surface area (Å²) < 4.78 is 40.2. The number of nitrogens with one attached hydrogen (secondary N) is 2. The van der Waals surface area contributed by atoms with Crippen LogP contribution in [0.25, 0.3) is 22.4 Å². The van der Waals surface area contributed by atoms with E-state index in [0.29, 0.717) is 56.3 Å². The highest BCUT2D eigenvalue weighted by atomic mass is 35.5. The zero-order chi connectivity index (χ0) is 39.7. The summed E-state index contributed by atoms with van der Waals surface area (Å²) >= 11 is 6.58. The maximum atomic E-state index is 15.6. The number of quaternary nitrogens is 1. The summed E-state index contributed by atoms with van der Waals surface area (Å²) in [5.41, 5.74) is 1.95. The number of benzene rings is 2. The molecule has 56 heavy (non-hydrogen) atoms. The van der Waals surface area contributed by atoms with Gasteiger partial charge in [-0.1, -0.05) is 17.7 Å². The molecule has 3 aliphatic rings. The minimum atomic E-state index is -1.08. The molecule has 2 aromatic heterocycles. The van der Waals surface area contributed by atoms with E-state index in [4.69, 9.17) is 16.3 Å². The number of methoxy groups -OCH3 is 1. The van der Waals surface area contributed by atoms with Gasteiger partial charge < -0.3 is 34.2 Å². The lowest BCUT2D eigenvalue weighted by Gasteiger charge is -2.45. The van der Waals surface area contributed by atoms with Gasteiger partial charge in [-0.05, 0) is 31.2 Å². The van der Waals surface area contributed by atoms with E-state index in [-0.39, 0.29) is 51.0 Å². The second kappa shape index (κ2) is 16.4. The first-order valence-corrected chi connectivity index (χ1v) is 19.5. The molecule has 3 amide bonds. The van der Waals surface area contributed by atoms with Crippen molar-refractivity contribution in [3.8, 4) is 22.4 Å². The molecule has 0 bridgehead atoms. The molecule has 3 aliphatic heterocycles. The Kier molecular flexibility index (Phi) is 11.6. The van der Waals surface area contributed by atoms with Gasteiger partial charge >= 0.3 is 0 Å². The number of hydrogen-bond donors (Lipinski definition) is 2. The van der Waals surface area contributed by atoms with E-state index in [2.05, 4.69) is 27.8 Å². The van der Waals surface area contributed by atoms with Crippen molar-refractivity contribution in [2.75, 3.05) is 85.0 Å². The number of piperidine rings is 1. The lowest BCUT2D eigenvalue weighted by Crippen LogP contribution is -2.59. The van der Waals surface area contributed by atoms with Crippen LogP contribution in [-0.4, -0.2) is 131 Å². The number of amides is 3. The molecule has 0 aliphatic carbocycles. The number of hydrogen-bond acceptors (Lipinski definition) is 7. The summed E-state index contributed by atoms with van der Waals surface area (Å²) in [6.45, 7) is 9.82. The van der Waals surface area contributed by atoms with Crippen molar-refractivity contribution in [2.45, 2.75) is 26.3 Å². The summed E-state index contributed by atoms with van der Waals surface area (Å²) in [6.07, 6.45) is 4.59. The van der Waals surface area contributed by atoms with Crippen LogP contribution in [0, 0.1) is 30.4 Å². The van der Waals surface area contributed by atoms with Gasteiger partial charge in [0.2, 0.25) is 5.91 Å². The Hall–Kier alpha value is -4.70. The Bertz CT molecular complexity index is 2120. The molecule has 298 valence electrons. The molecule has 3 saturated heterocycles. The second-order valence-electron chi connectivity index (χ2n) is 15.5. The van der Waals surface area contributed by atoms with Crippen molar-refractivity contribution in [3.05, 3.63) is 76.5 Å². The van der Waals surface area contributed by atoms with Crippen molar-refractivity contribution in [3.63, 3.8) is 0 Å². The number of carbonyl (C=O) groups is 3. The predicted molar refractivity (Wildman–Crippen MR) is 208 cm³/mol. The molecule has 0 atom stereocenters. The number of aromatic nitrogens is 4. The van der Waals surface area contributed by atoms with Crippen LogP contribution in [0.4, 0.5) is 14.5 Å². The minimum absolute atomic E-state index is 0.0340. The van der Waals surface area contributed by atoms with Gasteiger partial charge in [0.25, 0.3) is 11.8 Å². The first-order valence-electron chi connectivity index (χ1n) is 19.1. The molecule has 16 heteroatoms. The van der Waals surface area contributed by atoms with Crippen LogP contribution in [0.2, 0.25) is 5.02 Å². The van der Waals surface area contributed by atoms with Crippen molar-refractivity contribution in [1.29, 1.82) is 0 Å². The van der Waals surface area contributed by atoms with Crippen LogP contribution in [-0.2, 0) is 23.1 Å². The summed E-state index contributed by atoms with van der Waals surface area (Å²) in [6, 6.07) is 7.55. The number of anilines is 1. The van der Waals surface area contributed by atoms with Crippen LogP contribution in [0.15, 0.2) is 42.7 Å². The van der Waals surface area contributed by atoms with E-state index in [9.17, 15) is 14.4 Å². The maximum Gasteiger partial charge on any atom is 0.291 e.